The molecule has 1 aromatic heterocycles. The highest BCUT2D eigenvalue weighted by Gasteiger charge is 2.23. The van der Waals surface area contributed by atoms with Gasteiger partial charge < -0.3 is 4.98 Å². The number of hydrogen-bond donors (Lipinski definition) is 1. The van der Waals surface area contributed by atoms with Crippen LogP contribution in [0.1, 0.15) is 30.0 Å². The largest absolute Gasteiger partial charge is 0.357 e. The minimum absolute atomic E-state index is 0.0509. The summed E-state index contributed by atoms with van der Waals surface area (Å²) >= 11 is 3.50. The number of fused-ring (bicyclic) bond motifs is 3. The number of H-pyrrole nitrogens is 1. The molecule has 0 fully saturated rings. The molecule has 0 aliphatic heterocycles. The summed E-state index contributed by atoms with van der Waals surface area (Å²) in [6, 6.07) is 8.64. The molecule has 0 amide bonds. The number of hydrogen-bond acceptors (Lipinski definition) is 1. The molecule has 0 unspecified atom stereocenters. The van der Waals surface area contributed by atoms with Crippen LogP contribution in [0.15, 0.2) is 22.7 Å². The van der Waals surface area contributed by atoms with E-state index in [2.05, 4.69) is 39.1 Å². The maximum atomic E-state index is 9.14. The fraction of sp³-hybridized carbons (Fsp3) is 0.308. The number of nitrogens with one attached hydrogen (secondary N) is 1. The third kappa shape index (κ3) is 1.37. The van der Waals surface area contributed by atoms with Crippen molar-refractivity contribution in [3.8, 4) is 6.07 Å². The fourth-order valence-electron chi connectivity index (χ4n) is 2.56. The number of aromatic amines is 1. The lowest BCUT2D eigenvalue weighted by molar-refractivity contribution is 0.629. The molecule has 16 heavy (non-hydrogen) atoms. The van der Waals surface area contributed by atoms with Crippen molar-refractivity contribution in [2.75, 3.05) is 0 Å². The predicted octanol–water partition coefficient (Wildman–Crippen LogP) is 3.87. The molecule has 1 aromatic carbocycles. The molecule has 2 aromatic rings. The van der Waals surface area contributed by atoms with Gasteiger partial charge in [-0.05, 0) is 43.0 Å². The predicted molar refractivity (Wildman–Crippen MR) is 67.3 cm³/mol. The monoisotopic (exact) mass is 274 g/mol. The topological polar surface area (TPSA) is 39.6 Å². The van der Waals surface area contributed by atoms with E-state index in [0.29, 0.717) is 0 Å². The first kappa shape index (κ1) is 9.92. The first-order valence-corrected chi connectivity index (χ1v) is 6.28. The molecule has 0 saturated carbocycles. The van der Waals surface area contributed by atoms with Gasteiger partial charge in [-0.1, -0.05) is 15.9 Å². The summed E-state index contributed by atoms with van der Waals surface area (Å²) < 4.78 is 1.10. The van der Waals surface area contributed by atoms with Gasteiger partial charge in [0.1, 0.15) is 0 Å². The van der Waals surface area contributed by atoms with Crippen LogP contribution in [0.25, 0.3) is 10.9 Å². The van der Waals surface area contributed by atoms with E-state index in [1.165, 1.54) is 10.9 Å². The third-order valence-electron chi connectivity index (χ3n) is 3.33. The molecule has 80 valence electrons. The molecule has 3 heteroatoms. The van der Waals surface area contributed by atoms with Crippen molar-refractivity contribution in [3.63, 3.8) is 0 Å². The zero-order valence-electron chi connectivity index (χ0n) is 8.76. The van der Waals surface area contributed by atoms with Crippen molar-refractivity contribution in [3.05, 3.63) is 33.9 Å². The van der Waals surface area contributed by atoms with Gasteiger partial charge in [0, 0.05) is 21.1 Å². The lowest BCUT2D eigenvalue weighted by atomic mass is 9.88. The van der Waals surface area contributed by atoms with E-state index in [9.17, 15) is 0 Å². The second-order valence-electron chi connectivity index (χ2n) is 4.28. The SMILES string of the molecule is N#C[C@@H]1CCCc2c1[nH]c1ccc(Br)cc21. The summed E-state index contributed by atoms with van der Waals surface area (Å²) in [5, 5.41) is 10.4. The second-order valence-corrected chi connectivity index (χ2v) is 5.20. The highest BCUT2D eigenvalue weighted by atomic mass is 79.9. The zero-order valence-corrected chi connectivity index (χ0v) is 10.3. The summed E-state index contributed by atoms with van der Waals surface area (Å²) in [6.07, 6.45) is 3.19. The van der Waals surface area contributed by atoms with E-state index in [-0.39, 0.29) is 5.92 Å². The lowest BCUT2D eigenvalue weighted by Gasteiger charge is -2.16. The van der Waals surface area contributed by atoms with Crippen LogP contribution in [0.5, 0.6) is 0 Å². The molecule has 1 N–H and O–H groups in total. The molecule has 3 rings (SSSR count). The minimum Gasteiger partial charge on any atom is -0.357 e. The smallest absolute Gasteiger partial charge is 0.0865 e. The van der Waals surface area contributed by atoms with Gasteiger partial charge in [-0.15, -0.1) is 0 Å². The number of benzene rings is 1. The molecule has 2 nitrogen and oxygen atoms in total. The molecule has 1 heterocycles. The van der Waals surface area contributed by atoms with E-state index in [1.54, 1.807) is 0 Å². The Bertz CT molecular complexity index is 592. The van der Waals surface area contributed by atoms with Crippen LogP contribution in [-0.4, -0.2) is 4.98 Å². The van der Waals surface area contributed by atoms with Crippen LogP contribution in [0.3, 0.4) is 0 Å². The number of rotatable bonds is 0. The van der Waals surface area contributed by atoms with Crippen LogP contribution in [0.2, 0.25) is 0 Å². The van der Waals surface area contributed by atoms with E-state index in [1.807, 2.05) is 6.07 Å². The van der Waals surface area contributed by atoms with Crippen LogP contribution in [-0.2, 0) is 6.42 Å². The number of aromatic nitrogens is 1. The maximum Gasteiger partial charge on any atom is 0.0865 e. The Labute approximate surface area is 102 Å². The summed E-state index contributed by atoms with van der Waals surface area (Å²) in [5.41, 5.74) is 3.63. The van der Waals surface area contributed by atoms with Gasteiger partial charge in [0.2, 0.25) is 0 Å². The molecule has 0 saturated heterocycles. The lowest BCUT2D eigenvalue weighted by Crippen LogP contribution is -2.06. The average molecular weight is 275 g/mol. The van der Waals surface area contributed by atoms with Crippen LogP contribution >= 0.6 is 15.9 Å². The van der Waals surface area contributed by atoms with Crippen LogP contribution in [0.4, 0.5) is 0 Å². The molecule has 0 spiro atoms. The molecular weight excluding hydrogens is 264 g/mol. The van der Waals surface area contributed by atoms with Gasteiger partial charge in [0.25, 0.3) is 0 Å². The van der Waals surface area contributed by atoms with Crippen molar-refractivity contribution in [2.24, 2.45) is 0 Å². The Balaban J connectivity index is 2.30. The Morgan fingerprint density at radius 2 is 2.31 bits per heavy atom. The Morgan fingerprint density at radius 3 is 3.12 bits per heavy atom. The van der Waals surface area contributed by atoms with E-state index >= 15 is 0 Å². The first-order chi connectivity index (χ1) is 7.79. The third-order valence-corrected chi connectivity index (χ3v) is 3.82. The van der Waals surface area contributed by atoms with Gasteiger partial charge in [0.15, 0.2) is 0 Å². The summed E-state index contributed by atoms with van der Waals surface area (Å²) in [6.45, 7) is 0. The highest BCUT2D eigenvalue weighted by molar-refractivity contribution is 9.10. The van der Waals surface area contributed by atoms with Crippen molar-refractivity contribution >= 4 is 26.8 Å². The van der Waals surface area contributed by atoms with Crippen molar-refractivity contribution < 1.29 is 0 Å². The van der Waals surface area contributed by atoms with Crippen LogP contribution < -0.4 is 0 Å². The normalized spacial score (nSPS) is 19.4. The molecular formula is C13H11BrN2. The summed E-state index contributed by atoms with van der Waals surface area (Å²) in [5.74, 6) is 0.0509. The van der Waals surface area contributed by atoms with E-state index in [4.69, 9.17) is 5.26 Å². The van der Waals surface area contributed by atoms with Crippen molar-refractivity contribution in [1.29, 1.82) is 5.26 Å². The molecule has 1 aliphatic carbocycles. The number of aryl methyl sites for hydroxylation is 1. The molecule has 1 atom stereocenters. The number of halogens is 1. The molecule has 1 aliphatic rings. The minimum atomic E-state index is 0.0509. The quantitative estimate of drug-likeness (QED) is 0.778. The number of nitrogens with zero attached hydrogens (tertiary/aromatic N) is 1. The standard InChI is InChI=1S/C13H11BrN2/c14-9-4-5-12-11(6-9)10-3-1-2-8(7-15)13(10)16-12/h4-6,8,16H,1-3H2/t8-/m0/s1. The second kappa shape index (κ2) is 3.64. The van der Waals surface area contributed by atoms with E-state index in [0.717, 1.165) is 34.9 Å². The van der Waals surface area contributed by atoms with Gasteiger partial charge in [-0.25, -0.2) is 0 Å². The maximum absolute atomic E-state index is 9.14. The Morgan fingerprint density at radius 1 is 1.44 bits per heavy atom. The van der Waals surface area contributed by atoms with Gasteiger partial charge >= 0.3 is 0 Å². The fourth-order valence-corrected chi connectivity index (χ4v) is 2.93. The highest BCUT2D eigenvalue weighted by Crippen LogP contribution is 2.36. The zero-order chi connectivity index (χ0) is 11.1. The molecule has 0 radical (unpaired) electrons. The van der Waals surface area contributed by atoms with Crippen molar-refractivity contribution in [2.45, 2.75) is 25.2 Å². The number of nitriles is 1. The Hall–Kier alpha value is -1.27. The van der Waals surface area contributed by atoms with Gasteiger partial charge in [-0.2, -0.15) is 5.26 Å². The van der Waals surface area contributed by atoms with Crippen molar-refractivity contribution in [1.82, 2.24) is 4.98 Å². The first-order valence-electron chi connectivity index (χ1n) is 5.49. The van der Waals surface area contributed by atoms with Gasteiger partial charge in [0.05, 0.1) is 12.0 Å². The Kier molecular flexibility index (Phi) is 2.26. The van der Waals surface area contributed by atoms with Gasteiger partial charge in [-0.3, -0.25) is 0 Å². The average Bonchev–Trinajstić information content (AvgIpc) is 2.67. The summed E-state index contributed by atoms with van der Waals surface area (Å²) in [4.78, 5) is 3.40. The van der Waals surface area contributed by atoms with Crippen LogP contribution in [0, 0.1) is 11.3 Å². The van der Waals surface area contributed by atoms with E-state index < -0.39 is 0 Å². The summed E-state index contributed by atoms with van der Waals surface area (Å²) in [7, 11) is 0. The molecule has 0 bridgehead atoms.